The molecule has 0 spiro atoms. The highest BCUT2D eigenvalue weighted by atomic mass is 32.2. The third kappa shape index (κ3) is 4.66. The minimum atomic E-state index is -3.25. The minimum absolute atomic E-state index is 0.0510. The summed E-state index contributed by atoms with van der Waals surface area (Å²) in [5.74, 6) is -0.468. The van der Waals surface area contributed by atoms with Gasteiger partial charge in [-0.05, 0) is 32.4 Å². The number of benzene rings is 1. The molecule has 0 saturated carbocycles. The number of hydrogen-bond donors (Lipinski definition) is 0. The van der Waals surface area contributed by atoms with Crippen molar-refractivity contribution in [3.8, 4) is 0 Å². The van der Waals surface area contributed by atoms with E-state index < -0.39 is 15.6 Å². The van der Waals surface area contributed by atoms with E-state index in [1.54, 1.807) is 24.3 Å². The van der Waals surface area contributed by atoms with Gasteiger partial charge in [-0.25, -0.2) is 8.42 Å². The molecule has 0 bridgehead atoms. The van der Waals surface area contributed by atoms with E-state index in [1.165, 1.54) is 0 Å². The minimum Gasteiger partial charge on any atom is -0.348 e. The molecule has 1 heterocycles. The third-order valence-electron chi connectivity index (χ3n) is 3.51. The summed E-state index contributed by atoms with van der Waals surface area (Å²) >= 11 is 0. The Labute approximate surface area is 126 Å². The van der Waals surface area contributed by atoms with E-state index in [0.29, 0.717) is 18.1 Å². The lowest BCUT2D eigenvalue weighted by Gasteiger charge is -2.21. The van der Waals surface area contributed by atoms with E-state index in [4.69, 9.17) is 9.47 Å². The molecular formula is C16H22O4S. The summed E-state index contributed by atoms with van der Waals surface area (Å²) in [5, 5.41) is 0. The molecule has 0 unspecified atom stereocenters. The van der Waals surface area contributed by atoms with Gasteiger partial charge < -0.3 is 9.47 Å². The zero-order valence-corrected chi connectivity index (χ0v) is 13.4. The largest absolute Gasteiger partial charge is 0.348 e. The molecule has 2 rings (SSSR count). The first kappa shape index (κ1) is 16.2. The average Bonchev–Trinajstić information content (AvgIpc) is 2.86. The molecule has 0 aromatic heterocycles. The summed E-state index contributed by atoms with van der Waals surface area (Å²) < 4.78 is 35.5. The van der Waals surface area contributed by atoms with Crippen LogP contribution in [0.15, 0.2) is 46.9 Å². The fourth-order valence-corrected chi connectivity index (χ4v) is 3.81. The fourth-order valence-electron chi connectivity index (χ4n) is 2.35. The molecule has 0 aliphatic carbocycles. The number of allylic oxidation sites excluding steroid dienone is 1. The highest BCUT2D eigenvalue weighted by Gasteiger charge is 2.29. The SMILES string of the molecule is C/C(=C\CCC1(C)OCCO1)CS(=O)(=O)c1ccccc1. The summed E-state index contributed by atoms with van der Waals surface area (Å²) in [7, 11) is -3.25. The van der Waals surface area contributed by atoms with Gasteiger partial charge in [-0.15, -0.1) is 0 Å². The number of hydrogen-bond acceptors (Lipinski definition) is 4. The highest BCUT2D eigenvalue weighted by Crippen LogP contribution is 2.24. The Kier molecular flexibility index (Phi) is 5.19. The Morgan fingerprint density at radius 3 is 2.48 bits per heavy atom. The van der Waals surface area contributed by atoms with E-state index in [2.05, 4.69) is 0 Å². The Morgan fingerprint density at radius 1 is 1.24 bits per heavy atom. The normalized spacial score (nSPS) is 18.9. The van der Waals surface area contributed by atoms with Gasteiger partial charge in [0.2, 0.25) is 0 Å². The Balaban J connectivity index is 1.91. The van der Waals surface area contributed by atoms with Crippen molar-refractivity contribution >= 4 is 9.84 Å². The van der Waals surface area contributed by atoms with Crippen LogP contribution in [-0.4, -0.2) is 33.2 Å². The summed E-state index contributed by atoms with van der Waals surface area (Å²) in [4.78, 5) is 0.368. The zero-order chi connectivity index (χ0) is 15.3. The van der Waals surface area contributed by atoms with E-state index in [9.17, 15) is 8.42 Å². The van der Waals surface area contributed by atoms with Crippen LogP contribution < -0.4 is 0 Å². The topological polar surface area (TPSA) is 52.6 Å². The summed E-state index contributed by atoms with van der Waals surface area (Å²) in [6.07, 6.45) is 3.43. The first-order valence-corrected chi connectivity index (χ1v) is 8.78. The van der Waals surface area contributed by atoms with Crippen molar-refractivity contribution in [1.29, 1.82) is 0 Å². The van der Waals surface area contributed by atoms with E-state index in [-0.39, 0.29) is 5.75 Å². The van der Waals surface area contributed by atoms with Gasteiger partial charge in [-0.3, -0.25) is 0 Å². The maximum atomic E-state index is 12.2. The lowest BCUT2D eigenvalue weighted by Crippen LogP contribution is -2.24. The fraction of sp³-hybridized carbons (Fsp3) is 0.500. The predicted molar refractivity (Wildman–Crippen MR) is 81.8 cm³/mol. The lowest BCUT2D eigenvalue weighted by atomic mass is 10.1. The monoisotopic (exact) mass is 310 g/mol. The van der Waals surface area contributed by atoms with Crippen LogP contribution in [0, 0.1) is 0 Å². The van der Waals surface area contributed by atoms with Crippen LogP contribution in [-0.2, 0) is 19.3 Å². The molecule has 0 radical (unpaired) electrons. The molecule has 21 heavy (non-hydrogen) atoms. The summed E-state index contributed by atoms with van der Waals surface area (Å²) in [5.41, 5.74) is 0.848. The van der Waals surface area contributed by atoms with Crippen LogP contribution in [0.5, 0.6) is 0 Å². The van der Waals surface area contributed by atoms with Crippen molar-refractivity contribution in [2.24, 2.45) is 0 Å². The molecular weight excluding hydrogens is 288 g/mol. The average molecular weight is 310 g/mol. The Hall–Kier alpha value is -1.17. The molecule has 5 heteroatoms. The van der Waals surface area contributed by atoms with Gasteiger partial charge in [0.1, 0.15) is 0 Å². The number of ether oxygens (including phenoxy) is 2. The van der Waals surface area contributed by atoms with Gasteiger partial charge in [0.15, 0.2) is 15.6 Å². The first-order valence-electron chi connectivity index (χ1n) is 7.13. The zero-order valence-electron chi connectivity index (χ0n) is 12.5. The molecule has 1 saturated heterocycles. The van der Waals surface area contributed by atoms with Gasteiger partial charge in [0.05, 0.1) is 23.9 Å². The van der Waals surface area contributed by atoms with Crippen molar-refractivity contribution in [3.05, 3.63) is 42.0 Å². The van der Waals surface area contributed by atoms with Crippen LogP contribution in [0.2, 0.25) is 0 Å². The van der Waals surface area contributed by atoms with E-state index in [0.717, 1.165) is 18.4 Å². The molecule has 1 aliphatic rings. The summed E-state index contributed by atoms with van der Waals surface area (Å²) in [6.45, 7) is 5.02. The van der Waals surface area contributed by atoms with Gasteiger partial charge in [0, 0.05) is 6.42 Å². The maximum absolute atomic E-state index is 12.2. The van der Waals surface area contributed by atoms with Crippen molar-refractivity contribution in [3.63, 3.8) is 0 Å². The van der Waals surface area contributed by atoms with Crippen molar-refractivity contribution < 1.29 is 17.9 Å². The van der Waals surface area contributed by atoms with E-state index >= 15 is 0 Å². The van der Waals surface area contributed by atoms with Crippen LogP contribution in [0.3, 0.4) is 0 Å². The van der Waals surface area contributed by atoms with Crippen molar-refractivity contribution in [2.45, 2.75) is 37.4 Å². The molecule has 0 atom stereocenters. The van der Waals surface area contributed by atoms with Crippen LogP contribution in [0.4, 0.5) is 0 Å². The molecule has 1 aromatic rings. The maximum Gasteiger partial charge on any atom is 0.182 e. The second-order valence-corrected chi connectivity index (χ2v) is 7.48. The molecule has 1 fully saturated rings. The second kappa shape index (κ2) is 6.73. The smallest absolute Gasteiger partial charge is 0.182 e. The van der Waals surface area contributed by atoms with Crippen molar-refractivity contribution in [2.75, 3.05) is 19.0 Å². The van der Waals surface area contributed by atoms with Gasteiger partial charge >= 0.3 is 0 Å². The van der Waals surface area contributed by atoms with Gasteiger partial charge in [-0.2, -0.15) is 0 Å². The van der Waals surface area contributed by atoms with Crippen molar-refractivity contribution in [1.82, 2.24) is 0 Å². The standard InChI is InChI=1S/C16H22O4S/c1-14(7-6-10-16(2)19-11-12-20-16)13-21(17,18)15-8-4-3-5-9-15/h3-5,7-9H,6,10-13H2,1-2H3/b14-7+. The summed E-state index contributed by atoms with van der Waals surface area (Å²) in [6, 6.07) is 8.54. The molecule has 4 nitrogen and oxygen atoms in total. The molecule has 0 amide bonds. The molecule has 116 valence electrons. The predicted octanol–water partition coefficient (Wildman–Crippen LogP) is 2.95. The van der Waals surface area contributed by atoms with Crippen LogP contribution >= 0.6 is 0 Å². The lowest BCUT2D eigenvalue weighted by molar-refractivity contribution is -0.145. The number of rotatable bonds is 6. The highest BCUT2D eigenvalue weighted by molar-refractivity contribution is 7.91. The first-order chi connectivity index (χ1) is 9.91. The second-order valence-electron chi connectivity index (χ2n) is 5.49. The van der Waals surface area contributed by atoms with Crippen LogP contribution in [0.1, 0.15) is 26.7 Å². The van der Waals surface area contributed by atoms with Gasteiger partial charge in [-0.1, -0.05) is 29.8 Å². The number of sulfone groups is 1. The van der Waals surface area contributed by atoms with E-state index in [1.807, 2.05) is 26.0 Å². The molecule has 0 N–H and O–H groups in total. The molecule has 1 aliphatic heterocycles. The molecule has 1 aromatic carbocycles. The third-order valence-corrected chi connectivity index (χ3v) is 5.34. The van der Waals surface area contributed by atoms with Crippen LogP contribution in [0.25, 0.3) is 0 Å². The van der Waals surface area contributed by atoms with Gasteiger partial charge in [0.25, 0.3) is 0 Å². The Morgan fingerprint density at radius 2 is 1.86 bits per heavy atom. The quantitative estimate of drug-likeness (QED) is 0.758. The Bertz CT molecular complexity index is 584.